The molecule has 7 aromatic carbocycles. The Bertz CT molecular complexity index is 2460. The molecule has 258 valence electrons. The minimum absolute atomic E-state index is 0.0630. The molecule has 53 heavy (non-hydrogen) atoms. The predicted molar refractivity (Wildman–Crippen MR) is 223 cm³/mol. The molecule has 2 heteroatoms. The zero-order chi connectivity index (χ0) is 35.7. The minimum Gasteiger partial charge on any atom is -0.484 e. The lowest BCUT2D eigenvalue weighted by Crippen LogP contribution is -2.32. The van der Waals surface area contributed by atoms with Gasteiger partial charge < -0.3 is 9.64 Å². The summed E-state index contributed by atoms with van der Waals surface area (Å²) in [6.45, 7) is 4.50. The van der Waals surface area contributed by atoms with Gasteiger partial charge in [-0.25, -0.2) is 0 Å². The van der Waals surface area contributed by atoms with Gasteiger partial charge in [0.25, 0.3) is 0 Å². The number of hydrogen-bond acceptors (Lipinski definition) is 2. The molecule has 7 aromatic rings. The number of rotatable bonds is 9. The van der Waals surface area contributed by atoms with Crippen LogP contribution in [0.25, 0.3) is 33.0 Å². The van der Waals surface area contributed by atoms with Gasteiger partial charge in [-0.1, -0.05) is 159 Å². The van der Waals surface area contributed by atoms with Crippen LogP contribution >= 0.6 is 0 Å². The lowest BCUT2D eigenvalue weighted by atomic mass is 9.77. The third-order valence-electron chi connectivity index (χ3n) is 11.2. The Morgan fingerprint density at radius 2 is 1.34 bits per heavy atom. The fourth-order valence-corrected chi connectivity index (χ4v) is 8.55. The normalized spacial score (nSPS) is 16.6. The van der Waals surface area contributed by atoms with Gasteiger partial charge in [-0.05, 0) is 99.8 Å². The summed E-state index contributed by atoms with van der Waals surface area (Å²) in [6.07, 6.45) is 6.59. The van der Waals surface area contributed by atoms with Crippen molar-refractivity contribution in [3.63, 3.8) is 0 Å². The van der Waals surface area contributed by atoms with Crippen molar-refractivity contribution in [2.45, 2.75) is 44.8 Å². The van der Waals surface area contributed by atoms with E-state index in [1.165, 1.54) is 72.2 Å². The summed E-state index contributed by atoms with van der Waals surface area (Å²) < 4.78 is 6.97. The second-order valence-electron chi connectivity index (χ2n) is 14.2. The molecule has 0 amide bonds. The summed E-state index contributed by atoms with van der Waals surface area (Å²) in [5.41, 5.74) is 13.8. The average molecular weight is 686 g/mol. The summed E-state index contributed by atoms with van der Waals surface area (Å²) in [4.78, 5) is 2.59. The van der Waals surface area contributed by atoms with Crippen LogP contribution in [0.1, 0.15) is 66.5 Å². The minimum atomic E-state index is -0.0847. The number of allylic oxidation sites excluding steroid dienone is 1. The van der Waals surface area contributed by atoms with Crippen molar-refractivity contribution < 1.29 is 4.74 Å². The molecule has 3 atom stereocenters. The number of fused-ring (bicyclic) bond motifs is 6. The van der Waals surface area contributed by atoms with Crippen molar-refractivity contribution in [3.05, 3.63) is 210 Å². The van der Waals surface area contributed by atoms with E-state index in [4.69, 9.17) is 4.74 Å². The summed E-state index contributed by atoms with van der Waals surface area (Å²) >= 11 is 0. The van der Waals surface area contributed by atoms with E-state index in [0.717, 1.165) is 18.6 Å². The fourth-order valence-electron chi connectivity index (χ4n) is 8.55. The molecule has 3 unspecified atom stereocenters. The first kappa shape index (κ1) is 32.8. The molecular weight excluding hydrogens is 643 g/mol. The van der Waals surface area contributed by atoms with E-state index in [9.17, 15) is 0 Å². The van der Waals surface area contributed by atoms with Gasteiger partial charge in [0, 0.05) is 34.5 Å². The Morgan fingerprint density at radius 1 is 0.660 bits per heavy atom. The lowest BCUT2D eigenvalue weighted by molar-refractivity contribution is 0.223. The van der Waals surface area contributed by atoms with Crippen molar-refractivity contribution in [1.29, 1.82) is 0 Å². The van der Waals surface area contributed by atoms with Gasteiger partial charge in [0.1, 0.15) is 11.9 Å². The first-order chi connectivity index (χ1) is 26.2. The summed E-state index contributed by atoms with van der Waals surface area (Å²) in [6, 6.07) is 61.8. The van der Waals surface area contributed by atoms with Crippen LogP contribution in [-0.4, -0.2) is 6.04 Å². The van der Waals surface area contributed by atoms with Crippen LogP contribution < -0.4 is 9.64 Å². The lowest BCUT2D eigenvalue weighted by Gasteiger charge is -2.36. The molecule has 0 radical (unpaired) electrons. The highest BCUT2D eigenvalue weighted by Crippen LogP contribution is 2.56. The number of anilines is 2. The van der Waals surface area contributed by atoms with Crippen LogP contribution in [0.3, 0.4) is 0 Å². The third kappa shape index (κ3) is 6.05. The maximum absolute atomic E-state index is 6.97. The van der Waals surface area contributed by atoms with Gasteiger partial charge in [0.15, 0.2) is 0 Å². The Morgan fingerprint density at radius 3 is 2.11 bits per heavy atom. The Kier molecular flexibility index (Phi) is 8.73. The molecule has 1 heterocycles. The summed E-state index contributed by atoms with van der Waals surface area (Å²) in [5.74, 6) is 1.04. The van der Waals surface area contributed by atoms with Gasteiger partial charge in [-0.15, -0.1) is 0 Å². The molecule has 0 aromatic heterocycles. The van der Waals surface area contributed by atoms with Crippen LogP contribution in [-0.2, 0) is 0 Å². The number of benzene rings is 7. The molecule has 0 saturated carbocycles. The summed E-state index contributed by atoms with van der Waals surface area (Å²) in [5, 5.41) is 2.51. The molecular formula is C51H43NO. The van der Waals surface area contributed by atoms with Crippen molar-refractivity contribution in [1.82, 2.24) is 0 Å². The summed E-state index contributed by atoms with van der Waals surface area (Å²) in [7, 11) is 0. The van der Waals surface area contributed by atoms with E-state index >= 15 is 0 Å². The van der Waals surface area contributed by atoms with E-state index in [1.54, 1.807) is 0 Å². The van der Waals surface area contributed by atoms with E-state index in [-0.39, 0.29) is 18.1 Å². The molecule has 2 aliphatic rings. The number of para-hydroxylation sites is 1. The maximum atomic E-state index is 6.97. The van der Waals surface area contributed by atoms with Crippen molar-refractivity contribution in [3.8, 4) is 16.9 Å². The third-order valence-corrected chi connectivity index (χ3v) is 11.2. The van der Waals surface area contributed by atoms with Gasteiger partial charge in [-0.2, -0.15) is 0 Å². The SMILES string of the molecule is C/C=C(\CC(CC)N(c1ccccc1)c1cccc2c1C1C=C(c3ccc4ccccc4c3)c3ccccc3C1O2)c1ccc(-c2ccccc2)cc1. The van der Waals surface area contributed by atoms with Crippen molar-refractivity contribution >= 4 is 33.3 Å². The second kappa shape index (κ2) is 14.1. The van der Waals surface area contributed by atoms with Gasteiger partial charge in [0.05, 0.1) is 0 Å². The van der Waals surface area contributed by atoms with Crippen LogP contribution in [0.15, 0.2) is 182 Å². The first-order valence-electron chi connectivity index (χ1n) is 19.0. The van der Waals surface area contributed by atoms with Crippen molar-refractivity contribution in [2.24, 2.45) is 0 Å². The smallest absolute Gasteiger partial charge is 0.135 e. The number of nitrogens with zero attached hydrogens (tertiary/aromatic N) is 1. The zero-order valence-electron chi connectivity index (χ0n) is 30.3. The highest BCUT2D eigenvalue weighted by Gasteiger charge is 2.42. The van der Waals surface area contributed by atoms with Gasteiger partial charge in [-0.3, -0.25) is 0 Å². The number of ether oxygens (including phenoxy) is 1. The Balaban J connectivity index is 1.13. The largest absolute Gasteiger partial charge is 0.484 e. The topological polar surface area (TPSA) is 12.5 Å². The molecule has 9 rings (SSSR count). The highest BCUT2D eigenvalue weighted by molar-refractivity contribution is 5.92. The van der Waals surface area contributed by atoms with Gasteiger partial charge in [0.2, 0.25) is 0 Å². The standard InChI is InChI=1S/C51H43NO/c1-3-35(38-26-28-39(29-27-38)36-16-7-5-8-17-36)33-42(4-2)52(43-20-9-6-10-21-43)48-24-15-25-49-50(48)47-34-46(44-22-13-14-23-45(44)51(47)53-49)41-31-30-37-18-11-12-19-40(37)32-41/h3,5-32,34,42,47,51H,4,33H2,1-2H3/b35-3+. The van der Waals surface area contributed by atoms with E-state index in [1.807, 2.05) is 0 Å². The molecule has 0 bridgehead atoms. The zero-order valence-corrected chi connectivity index (χ0v) is 30.3. The monoisotopic (exact) mass is 685 g/mol. The first-order valence-corrected chi connectivity index (χ1v) is 19.0. The maximum Gasteiger partial charge on any atom is 0.135 e. The quantitative estimate of drug-likeness (QED) is 0.150. The fraction of sp³-hybridized carbons (Fsp3) is 0.137. The van der Waals surface area contributed by atoms with Gasteiger partial charge >= 0.3 is 0 Å². The molecule has 0 saturated heterocycles. The molecule has 0 spiro atoms. The van der Waals surface area contributed by atoms with Crippen molar-refractivity contribution in [2.75, 3.05) is 4.90 Å². The molecule has 0 N–H and O–H groups in total. The van der Waals surface area contributed by atoms with Crippen LogP contribution in [0, 0.1) is 0 Å². The molecule has 1 aliphatic carbocycles. The second-order valence-corrected chi connectivity index (χ2v) is 14.2. The molecule has 1 aliphatic heterocycles. The van der Waals surface area contributed by atoms with E-state index in [0.29, 0.717) is 0 Å². The predicted octanol–water partition coefficient (Wildman–Crippen LogP) is 13.6. The Hall–Kier alpha value is -6.12. The van der Waals surface area contributed by atoms with E-state index < -0.39 is 0 Å². The van der Waals surface area contributed by atoms with Crippen LogP contribution in [0.2, 0.25) is 0 Å². The molecule has 0 fully saturated rings. The molecule has 2 nitrogen and oxygen atoms in total. The van der Waals surface area contributed by atoms with Crippen LogP contribution in [0.5, 0.6) is 5.75 Å². The van der Waals surface area contributed by atoms with Crippen LogP contribution in [0.4, 0.5) is 11.4 Å². The average Bonchev–Trinajstić information content (AvgIpc) is 3.62. The highest BCUT2D eigenvalue weighted by atomic mass is 16.5. The van der Waals surface area contributed by atoms with E-state index in [2.05, 4.69) is 201 Å². The Labute approximate surface area is 313 Å². The number of hydrogen-bond donors (Lipinski definition) is 0.